The number of ether oxygens (including phenoxy) is 2. The monoisotopic (exact) mass is 423 g/mol. The molecule has 1 aromatic rings. The molecule has 168 valence electrons. The first-order valence-corrected chi connectivity index (χ1v) is 12.6. The SMILES string of the molecule is CC(=O)O[C@@H]1CC[C@@]2(C)[C@@H](CC[C@@H]3[C@@H]2CC[C@@]2(C)[C@H]3CC[C@]23O[C@@H]3c2ccccn2)C1. The van der Waals surface area contributed by atoms with Crippen LogP contribution in [0.3, 0.4) is 0 Å². The Kier molecular flexibility index (Phi) is 4.43. The van der Waals surface area contributed by atoms with Crippen molar-refractivity contribution in [2.45, 2.75) is 96.4 Å². The number of epoxide rings is 1. The first kappa shape index (κ1) is 20.2. The second-order valence-corrected chi connectivity index (χ2v) is 11.8. The topological polar surface area (TPSA) is 51.7 Å². The van der Waals surface area contributed by atoms with Gasteiger partial charge in [0, 0.05) is 18.5 Å². The predicted molar refractivity (Wildman–Crippen MR) is 118 cm³/mol. The number of hydrogen-bond acceptors (Lipinski definition) is 4. The van der Waals surface area contributed by atoms with Crippen molar-refractivity contribution in [3.05, 3.63) is 30.1 Å². The lowest BCUT2D eigenvalue weighted by molar-refractivity contribution is -0.160. The van der Waals surface area contributed by atoms with Crippen LogP contribution in [-0.4, -0.2) is 22.7 Å². The van der Waals surface area contributed by atoms with Gasteiger partial charge in [-0.05, 0) is 99.0 Å². The smallest absolute Gasteiger partial charge is 0.302 e. The third-order valence-electron chi connectivity index (χ3n) is 10.8. The Bertz CT molecular complexity index is 872. The summed E-state index contributed by atoms with van der Waals surface area (Å²) in [6.07, 6.45) is 13.4. The lowest BCUT2D eigenvalue weighted by Crippen LogP contribution is -2.55. The van der Waals surface area contributed by atoms with Gasteiger partial charge < -0.3 is 9.47 Å². The van der Waals surface area contributed by atoms with E-state index in [2.05, 4.69) is 31.0 Å². The molecule has 31 heavy (non-hydrogen) atoms. The molecule has 4 saturated carbocycles. The van der Waals surface area contributed by atoms with Crippen molar-refractivity contribution in [3.63, 3.8) is 0 Å². The second kappa shape index (κ2) is 6.79. The van der Waals surface area contributed by atoms with Gasteiger partial charge in [-0.15, -0.1) is 0 Å². The van der Waals surface area contributed by atoms with Crippen molar-refractivity contribution >= 4 is 5.97 Å². The van der Waals surface area contributed by atoms with Gasteiger partial charge in [0.15, 0.2) is 0 Å². The van der Waals surface area contributed by atoms with E-state index in [9.17, 15) is 4.79 Å². The van der Waals surface area contributed by atoms with Gasteiger partial charge in [-0.1, -0.05) is 19.9 Å². The number of nitrogens with zero attached hydrogens (tertiary/aromatic N) is 1. The molecule has 0 radical (unpaired) electrons. The molecule has 0 aromatic carbocycles. The van der Waals surface area contributed by atoms with Gasteiger partial charge in [-0.25, -0.2) is 0 Å². The Morgan fingerprint density at radius 3 is 2.68 bits per heavy atom. The van der Waals surface area contributed by atoms with Crippen molar-refractivity contribution in [2.75, 3.05) is 0 Å². The summed E-state index contributed by atoms with van der Waals surface area (Å²) in [5.41, 5.74) is 1.86. The molecule has 2 heterocycles. The maximum Gasteiger partial charge on any atom is 0.302 e. The highest BCUT2D eigenvalue weighted by molar-refractivity contribution is 5.66. The maximum absolute atomic E-state index is 11.5. The molecule has 5 aliphatic rings. The van der Waals surface area contributed by atoms with Gasteiger partial charge >= 0.3 is 5.97 Å². The number of aromatic nitrogens is 1. The molecular weight excluding hydrogens is 386 g/mol. The van der Waals surface area contributed by atoms with Crippen LogP contribution in [0.5, 0.6) is 0 Å². The summed E-state index contributed by atoms with van der Waals surface area (Å²) in [6, 6.07) is 6.24. The van der Waals surface area contributed by atoms with Gasteiger partial charge in [0.2, 0.25) is 0 Å². The summed E-state index contributed by atoms with van der Waals surface area (Å²) < 4.78 is 12.2. The van der Waals surface area contributed by atoms with E-state index in [1.165, 1.54) is 44.9 Å². The minimum absolute atomic E-state index is 0.0295. The van der Waals surface area contributed by atoms with Crippen LogP contribution in [-0.2, 0) is 14.3 Å². The van der Waals surface area contributed by atoms with Crippen LogP contribution in [0.1, 0.15) is 90.4 Å². The number of carbonyl (C=O) groups is 1. The Labute approximate surface area is 186 Å². The van der Waals surface area contributed by atoms with E-state index < -0.39 is 0 Å². The molecule has 1 spiro atoms. The van der Waals surface area contributed by atoms with Gasteiger partial charge in [-0.3, -0.25) is 9.78 Å². The quantitative estimate of drug-likeness (QED) is 0.441. The third-order valence-corrected chi connectivity index (χ3v) is 10.8. The van der Waals surface area contributed by atoms with Crippen LogP contribution in [0.15, 0.2) is 24.4 Å². The lowest BCUT2D eigenvalue weighted by atomic mass is 9.44. The van der Waals surface area contributed by atoms with Gasteiger partial charge in [0.1, 0.15) is 17.8 Å². The molecule has 4 heteroatoms. The summed E-state index contributed by atoms with van der Waals surface area (Å²) in [5, 5.41) is 0. The average molecular weight is 424 g/mol. The molecule has 9 atom stereocenters. The predicted octanol–water partition coefficient (Wildman–Crippen LogP) is 5.87. The molecule has 1 saturated heterocycles. The van der Waals surface area contributed by atoms with Crippen LogP contribution in [0.2, 0.25) is 0 Å². The number of esters is 1. The molecule has 1 aromatic heterocycles. The molecular formula is C27H37NO3. The van der Waals surface area contributed by atoms with Crippen LogP contribution in [0.25, 0.3) is 0 Å². The summed E-state index contributed by atoms with van der Waals surface area (Å²) in [7, 11) is 0. The molecule has 4 nitrogen and oxygen atoms in total. The van der Waals surface area contributed by atoms with E-state index in [0.29, 0.717) is 11.3 Å². The highest BCUT2D eigenvalue weighted by atomic mass is 16.6. The number of hydrogen-bond donors (Lipinski definition) is 0. The highest BCUT2D eigenvalue weighted by Gasteiger charge is 2.75. The first-order chi connectivity index (χ1) is 14.9. The fourth-order valence-corrected chi connectivity index (χ4v) is 9.22. The van der Waals surface area contributed by atoms with Crippen LogP contribution in [0.4, 0.5) is 0 Å². The fraction of sp³-hybridized carbons (Fsp3) is 0.778. The zero-order valence-corrected chi connectivity index (χ0v) is 19.3. The fourth-order valence-electron chi connectivity index (χ4n) is 9.22. The largest absolute Gasteiger partial charge is 0.463 e. The molecule has 0 amide bonds. The van der Waals surface area contributed by atoms with Crippen molar-refractivity contribution < 1.29 is 14.3 Å². The van der Waals surface area contributed by atoms with Crippen molar-refractivity contribution in [1.82, 2.24) is 4.98 Å². The zero-order valence-electron chi connectivity index (χ0n) is 19.3. The van der Waals surface area contributed by atoms with E-state index in [0.717, 1.165) is 36.3 Å². The lowest BCUT2D eigenvalue weighted by Gasteiger charge is -2.60. The van der Waals surface area contributed by atoms with Crippen molar-refractivity contribution in [3.8, 4) is 0 Å². The molecule has 4 aliphatic carbocycles. The Balaban J connectivity index is 1.23. The summed E-state index contributed by atoms with van der Waals surface area (Å²) >= 11 is 0. The van der Waals surface area contributed by atoms with E-state index >= 15 is 0 Å². The minimum Gasteiger partial charge on any atom is -0.463 e. The average Bonchev–Trinajstić information content (AvgIpc) is 3.42. The highest BCUT2D eigenvalue weighted by Crippen LogP contribution is 2.76. The standard InChI is InChI=1S/C27H37NO3/c1-17(29)30-19-9-12-25(2)18(16-19)7-8-20-21(25)10-13-26(3)22(20)11-14-27(26)24(31-27)23-6-4-5-15-28-23/h4-6,15,18-22,24H,7-14,16H2,1-3H3/t18-,19+,20+,21-,22-,24+,25-,26-,27+/m0/s1. The van der Waals surface area contributed by atoms with Crippen LogP contribution >= 0.6 is 0 Å². The maximum atomic E-state index is 11.5. The summed E-state index contributed by atoms with van der Waals surface area (Å²) in [4.78, 5) is 16.1. The van der Waals surface area contributed by atoms with Crippen LogP contribution < -0.4 is 0 Å². The summed E-state index contributed by atoms with van der Waals surface area (Å²) in [5.74, 6) is 3.04. The van der Waals surface area contributed by atoms with E-state index in [1.807, 2.05) is 12.3 Å². The number of carbonyl (C=O) groups excluding carboxylic acids is 1. The van der Waals surface area contributed by atoms with Gasteiger partial charge in [-0.2, -0.15) is 0 Å². The molecule has 5 fully saturated rings. The number of rotatable bonds is 2. The third kappa shape index (κ3) is 2.76. The number of pyridine rings is 1. The Morgan fingerprint density at radius 2 is 1.90 bits per heavy atom. The molecule has 0 bridgehead atoms. The van der Waals surface area contributed by atoms with Crippen molar-refractivity contribution in [2.24, 2.45) is 34.5 Å². The van der Waals surface area contributed by atoms with Crippen molar-refractivity contribution in [1.29, 1.82) is 0 Å². The molecule has 0 N–H and O–H groups in total. The second-order valence-electron chi connectivity index (χ2n) is 11.8. The van der Waals surface area contributed by atoms with E-state index in [4.69, 9.17) is 9.47 Å². The molecule has 0 unspecified atom stereocenters. The van der Waals surface area contributed by atoms with Gasteiger partial charge in [0.05, 0.1) is 5.69 Å². The molecule has 1 aliphatic heterocycles. The van der Waals surface area contributed by atoms with Crippen LogP contribution in [0, 0.1) is 34.5 Å². The minimum atomic E-state index is -0.112. The Morgan fingerprint density at radius 1 is 1.06 bits per heavy atom. The normalized spacial score (nSPS) is 50.3. The van der Waals surface area contributed by atoms with E-state index in [1.54, 1.807) is 6.92 Å². The zero-order chi connectivity index (χ0) is 21.4. The van der Waals surface area contributed by atoms with Gasteiger partial charge in [0.25, 0.3) is 0 Å². The first-order valence-electron chi connectivity index (χ1n) is 12.6. The number of fused-ring (bicyclic) bond motifs is 6. The summed E-state index contributed by atoms with van der Waals surface area (Å²) in [6.45, 7) is 6.69. The Hall–Kier alpha value is -1.42. The van der Waals surface area contributed by atoms with E-state index in [-0.39, 0.29) is 29.2 Å². The molecule has 6 rings (SSSR count).